The van der Waals surface area contributed by atoms with E-state index in [9.17, 15) is 13.2 Å². The Kier molecular flexibility index (Phi) is 2.51. The van der Waals surface area contributed by atoms with Crippen molar-refractivity contribution >= 4 is 0 Å². The highest BCUT2D eigenvalue weighted by Crippen LogP contribution is 2.30. The number of hydrogen-bond acceptors (Lipinski definition) is 3. The van der Waals surface area contributed by atoms with Crippen LogP contribution in [0.15, 0.2) is 12.4 Å². The van der Waals surface area contributed by atoms with Crippen LogP contribution in [0, 0.1) is 6.92 Å². The van der Waals surface area contributed by atoms with E-state index >= 15 is 0 Å². The molecule has 0 saturated heterocycles. The van der Waals surface area contributed by atoms with Crippen LogP contribution in [0.1, 0.15) is 17.5 Å². The van der Waals surface area contributed by atoms with E-state index in [0.717, 1.165) is 6.20 Å². The van der Waals surface area contributed by atoms with Crippen LogP contribution >= 0.6 is 0 Å². The Hall–Kier alpha value is -1.17. The maximum absolute atomic E-state index is 11.9. The van der Waals surface area contributed by atoms with Crippen LogP contribution in [-0.4, -0.2) is 21.3 Å². The molecule has 1 aromatic heterocycles. The van der Waals surface area contributed by atoms with E-state index in [1.165, 1.54) is 6.20 Å². The Balaban J connectivity index is 2.90. The molecular weight excluding hydrogens is 185 g/mol. The van der Waals surface area contributed by atoms with Gasteiger partial charge in [-0.25, -0.2) is 0 Å². The lowest BCUT2D eigenvalue weighted by molar-refractivity contribution is -0.208. The zero-order chi connectivity index (χ0) is 10.1. The third-order valence-corrected chi connectivity index (χ3v) is 1.39. The third kappa shape index (κ3) is 2.38. The minimum Gasteiger partial charge on any atom is -0.378 e. The lowest BCUT2D eigenvalue weighted by atomic mass is 10.2. The zero-order valence-corrected chi connectivity index (χ0v) is 6.71. The molecule has 0 fully saturated rings. The number of nitrogens with zero attached hydrogens (tertiary/aromatic N) is 2. The number of aliphatic hydroxyl groups excluding tert-OH is 1. The molecule has 6 heteroatoms. The van der Waals surface area contributed by atoms with Crippen LogP contribution < -0.4 is 0 Å². The molecule has 1 N–H and O–H groups in total. The third-order valence-electron chi connectivity index (χ3n) is 1.39. The van der Waals surface area contributed by atoms with Gasteiger partial charge in [-0.05, 0) is 6.92 Å². The second-order valence-corrected chi connectivity index (χ2v) is 2.53. The molecule has 1 rings (SSSR count). The number of alkyl halides is 3. The van der Waals surface area contributed by atoms with Crippen molar-refractivity contribution in [3.8, 4) is 0 Å². The van der Waals surface area contributed by atoms with Gasteiger partial charge in [-0.15, -0.1) is 0 Å². The smallest absolute Gasteiger partial charge is 0.378 e. The molecule has 1 aromatic rings. The Morgan fingerprint density at radius 3 is 2.31 bits per heavy atom. The lowest BCUT2D eigenvalue weighted by Crippen LogP contribution is -2.21. The SMILES string of the molecule is Cc1cnc([C@@H](O)C(F)(F)F)cn1. The number of aromatic nitrogens is 2. The average Bonchev–Trinajstić information content (AvgIpc) is 2.03. The summed E-state index contributed by atoms with van der Waals surface area (Å²) in [5.74, 6) is 0. The van der Waals surface area contributed by atoms with Crippen molar-refractivity contribution in [1.82, 2.24) is 9.97 Å². The summed E-state index contributed by atoms with van der Waals surface area (Å²) in [5.41, 5.74) is 0.0104. The van der Waals surface area contributed by atoms with Gasteiger partial charge in [0.2, 0.25) is 0 Å². The van der Waals surface area contributed by atoms with Gasteiger partial charge in [-0.2, -0.15) is 13.2 Å². The predicted molar refractivity (Wildman–Crippen MR) is 37.8 cm³/mol. The largest absolute Gasteiger partial charge is 0.420 e. The standard InChI is InChI=1S/C7H7F3N2O/c1-4-2-12-5(3-11-4)6(13)7(8,9)10/h2-3,6,13H,1H3/t6-/m1/s1. The van der Waals surface area contributed by atoms with Crippen LogP contribution in [0.2, 0.25) is 0 Å². The van der Waals surface area contributed by atoms with Gasteiger partial charge in [-0.1, -0.05) is 0 Å². The first kappa shape index (κ1) is 9.91. The highest BCUT2D eigenvalue weighted by Gasteiger charge is 2.40. The van der Waals surface area contributed by atoms with E-state index in [1.807, 2.05) is 0 Å². The van der Waals surface area contributed by atoms with Gasteiger partial charge in [0.25, 0.3) is 0 Å². The van der Waals surface area contributed by atoms with E-state index in [-0.39, 0.29) is 0 Å². The molecule has 0 radical (unpaired) electrons. The first-order valence-electron chi connectivity index (χ1n) is 3.44. The minimum absolute atomic E-state index is 0.488. The summed E-state index contributed by atoms with van der Waals surface area (Å²) in [6.07, 6.45) is -5.16. The summed E-state index contributed by atoms with van der Waals surface area (Å²) < 4.78 is 35.8. The first-order valence-corrected chi connectivity index (χ1v) is 3.44. The summed E-state index contributed by atoms with van der Waals surface area (Å²) >= 11 is 0. The lowest BCUT2D eigenvalue weighted by Gasteiger charge is -2.12. The first-order chi connectivity index (χ1) is 5.91. The minimum atomic E-state index is -4.69. The molecule has 1 atom stereocenters. The van der Waals surface area contributed by atoms with Crippen molar-refractivity contribution in [2.45, 2.75) is 19.2 Å². The fourth-order valence-corrected chi connectivity index (χ4v) is 0.711. The van der Waals surface area contributed by atoms with Crippen molar-refractivity contribution in [3.63, 3.8) is 0 Å². The summed E-state index contributed by atoms with van der Waals surface area (Å²) in [4.78, 5) is 7.00. The fraction of sp³-hybridized carbons (Fsp3) is 0.429. The molecule has 0 aliphatic rings. The van der Waals surface area contributed by atoms with Gasteiger partial charge >= 0.3 is 6.18 Å². The zero-order valence-electron chi connectivity index (χ0n) is 6.71. The average molecular weight is 192 g/mol. The molecule has 0 aliphatic carbocycles. The van der Waals surface area contributed by atoms with E-state index < -0.39 is 18.0 Å². The Bertz CT molecular complexity index is 283. The van der Waals surface area contributed by atoms with Gasteiger partial charge < -0.3 is 5.11 Å². The molecule has 13 heavy (non-hydrogen) atoms. The Morgan fingerprint density at radius 1 is 1.31 bits per heavy atom. The summed E-state index contributed by atoms with van der Waals surface area (Å²) in [6.45, 7) is 1.59. The van der Waals surface area contributed by atoms with Gasteiger partial charge in [0.05, 0.1) is 17.6 Å². The van der Waals surface area contributed by atoms with E-state index in [1.54, 1.807) is 6.92 Å². The number of hydrogen-bond donors (Lipinski definition) is 1. The highest BCUT2D eigenvalue weighted by atomic mass is 19.4. The molecule has 0 aliphatic heterocycles. The second-order valence-electron chi connectivity index (χ2n) is 2.53. The summed E-state index contributed by atoms with van der Waals surface area (Å²) in [6, 6.07) is 0. The van der Waals surface area contributed by atoms with Crippen LogP contribution in [0.5, 0.6) is 0 Å². The molecule has 0 bridgehead atoms. The molecule has 72 valence electrons. The van der Waals surface area contributed by atoms with Crippen molar-refractivity contribution in [1.29, 1.82) is 0 Å². The van der Waals surface area contributed by atoms with Crippen LogP contribution in [0.25, 0.3) is 0 Å². The molecule has 0 amide bonds. The highest BCUT2D eigenvalue weighted by molar-refractivity contribution is 5.05. The van der Waals surface area contributed by atoms with Gasteiger partial charge in [0.1, 0.15) is 0 Å². The quantitative estimate of drug-likeness (QED) is 0.731. The molecular formula is C7H7F3N2O. The number of aliphatic hydroxyl groups is 1. The van der Waals surface area contributed by atoms with Gasteiger partial charge in [0.15, 0.2) is 6.10 Å². The van der Waals surface area contributed by atoms with Gasteiger partial charge in [0, 0.05) is 6.20 Å². The van der Waals surface area contributed by atoms with Crippen molar-refractivity contribution in [2.75, 3.05) is 0 Å². The van der Waals surface area contributed by atoms with E-state index in [2.05, 4.69) is 9.97 Å². The molecule has 3 nitrogen and oxygen atoms in total. The molecule has 0 aromatic carbocycles. The van der Waals surface area contributed by atoms with Crippen LogP contribution in [0.3, 0.4) is 0 Å². The van der Waals surface area contributed by atoms with Crippen molar-refractivity contribution in [2.24, 2.45) is 0 Å². The maximum atomic E-state index is 11.9. The fourth-order valence-electron chi connectivity index (χ4n) is 0.711. The number of halogens is 3. The maximum Gasteiger partial charge on any atom is 0.420 e. The molecule has 1 heterocycles. The molecule has 0 saturated carbocycles. The van der Waals surface area contributed by atoms with E-state index in [4.69, 9.17) is 5.11 Å². The number of aryl methyl sites for hydroxylation is 1. The topological polar surface area (TPSA) is 46.0 Å². The van der Waals surface area contributed by atoms with Crippen LogP contribution in [-0.2, 0) is 0 Å². The predicted octanol–water partition coefficient (Wildman–Crippen LogP) is 1.38. The second kappa shape index (κ2) is 3.29. The van der Waals surface area contributed by atoms with Gasteiger partial charge in [-0.3, -0.25) is 9.97 Å². The molecule has 0 unspecified atom stereocenters. The van der Waals surface area contributed by atoms with E-state index in [0.29, 0.717) is 5.69 Å². The Morgan fingerprint density at radius 2 is 1.92 bits per heavy atom. The van der Waals surface area contributed by atoms with Crippen LogP contribution in [0.4, 0.5) is 13.2 Å². The van der Waals surface area contributed by atoms with Crippen molar-refractivity contribution < 1.29 is 18.3 Å². The monoisotopic (exact) mass is 192 g/mol. The molecule has 0 spiro atoms. The Labute approximate surface area is 72.3 Å². The summed E-state index contributed by atoms with van der Waals surface area (Å²) in [5, 5.41) is 8.72. The normalized spacial score (nSPS) is 14.2. The number of rotatable bonds is 1. The summed E-state index contributed by atoms with van der Waals surface area (Å²) in [7, 11) is 0. The van der Waals surface area contributed by atoms with Crippen molar-refractivity contribution in [3.05, 3.63) is 23.8 Å².